The topological polar surface area (TPSA) is 66.5 Å². The standard InChI is InChI=1S/C19H20N2O3/c1-10-3-4-11(2)14(7-10)20-15(22)9-21-18(23)16-12-5-6-13(8-12)17(16)19(21)24/h3-7,12-13,16-17H,8-9H2,1-2H3,(H,20,22). The van der Waals surface area contributed by atoms with Gasteiger partial charge < -0.3 is 5.32 Å². The number of aryl methyl sites for hydroxylation is 2. The lowest BCUT2D eigenvalue weighted by Gasteiger charge is -2.17. The van der Waals surface area contributed by atoms with Gasteiger partial charge in [0, 0.05) is 5.69 Å². The van der Waals surface area contributed by atoms with Crippen molar-refractivity contribution in [3.63, 3.8) is 0 Å². The van der Waals surface area contributed by atoms with Crippen LogP contribution in [0.3, 0.4) is 0 Å². The van der Waals surface area contributed by atoms with E-state index in [0.29, 0.717) is 0 Å². The summed E-state index contributed by atoms with van der Waals surface area (Å²) in [7, 11) is 0. The number of allylic oxidation sites excluding steroid dienone is 2. The van der Waals surface area contributed by atoms with E-state index in [-0.39, 0.29) is 47.9 Å². The molecule has 5 nitrogen and oxygen atoms in total. The third-order valence-electron chi connectivity index (χ3n) is 5.53. The van der Waals surface area contributed by atoms with Gasteiger partial charge in [-0.2, -0.15) is 0 Å². The number of amides is 3. The lowest BCUT2D eigenvalue weighted by atomic mass is 9.85. The fraction of sp³-hybridized carbons (Fsp3) is 0.421. The number of carbonyl (C=O) groups excluding carboxylic acids is 3. The first-order valence-electron chi connectivity index (χ1n) is 8.36. The summed E-state index contributed by atoms with van der Waals surface area (Å²) >= 11 is 0. The minimum atomic E-state index is -0.328. The first kappa shape index (κ1) is 15.1. The van der Waals surface area contributed by atoms with Gasteiger partial charge in [-0.1, -0.05) is 24.3 Å². The van der Waals surface area contributed by atoms with Crippen LogP contribution in [0.2, 0.25) is 0 Å². The van der Waals surface area contributed by atoms with E-state index in [0.717, 1.165) is 28.1 Å². The second-order valence-electron chi connectivity index (χ2n) is 7.13. The molecule has 1 aliphatic heterocycles. The van der Waals surface area contributed by atoms with Crippen LogP contribution in [0.1, 0.15) is 17.5 Å². The molecule has 1 N–H and O–H groups in total. The Labute approximate surface area is 140 Å². The number of nitrogens with one attached hydrogen (secondary N) is 1. The third-order valence-corrected chi connectivity index (χ3v) is 5.53. The molecule has 24 heavy (non-hydrogen) atoms. The Hall–Kier alpha value is -2.43. The molecule has 0 aromatic heterocycles. The molecule has 4 rings (SSSR count). The van der Waals surface area contributed by atoms with Gasteiger partial charge in [0.15, 0.2) is 0 Å². The quantitative estimate of drug-likeness (QED) is 0.683. The highest BCUT2D eigenvalue weighted by atomic mass is 16.2. The van der Waals surface area contributed by atoms with E-state index in [1.807, 2.05) is 32.0 Å². The van der Waals surface area contributed by atoms with E-state index in [9.17, 15) is 14.4 Å². The molecule has 1 aromatic rings. The monoisotopic (exact) mass is 324 g/mol. The van der Waals surface area contributed by atoms with Crippen molar-refractivity contribution < 1.29 is 14.4 Å². The molecule has 0 radical (unpaired) electrons. The number of rotatable bonds is 3. The van der Waals surface area contributed by atoms with Crippen molar-refractivity contribution in [2.75, 3.05) is 11.9 Å². The van der Waals surface area contributed by atoms with Crippen LogP contribution < -0.4 is 5.32 Å². The van der Waals surface area contributed by atoms with Gasteiger partial charge in [-0.05, 0) is 49.3 Å². The highest BCUT2D eigenvalue weighted by molar-refractivity contribution is 6.09. The number of carbonyl (C=O) groups is 3. The van der Waals surface area contributed by atoms with Crippen LogP contribution in [0.5, 0.6) is 0 Å². The van der Waals surface area contributed by atoms with Crippen molar-refractivity contribution in [3.05, 3.63) is 41.5 Å². The molecule has 2 bridgehead atoms. The molecule has 5 heteroatoms. The van der Waals surface area contributed by atoms with Gasteiger partial charge in [0.1, 0.15) is 6.54 Å². The Morgan fingerprint density at radius 2 is 1.75 bits per heavy atom. The zero-order valence-corrected chi connectivity index (χ0v) is 13.8. The second kappa shape index (κ2) is 5.30. The first-order chi connectivity index (χ1) is 11.5. The number of hydrogen-bond donors (Lipinski definition) is 1. The average Bonchev–Trinajstić information content (AvgIpc) is 3.21. The van der Waals surface area contributed by atoms with Crippen molar-refractivity contribution >= 4 is 23.4 Å². The van der Waals surface area contributed by atoms with E-state index in [1.165, 1.54) is 0 Å². The maximum absolute atomic E-state index is 12.6. The fourth-order valence-electron chi connectivity index (χ4n) is 4.32. The van der Waals surface area contributed by atoms with Gasteiger partial charge in [-0.3, -0.25) is 19.3 Å². The van der Waals surface area contributed by atoms with E-state index in [1.54, 1.807) is 0 Å². The summed E-state index contributed by atoms with van der Waals surface area (Å²) in [6, 6.07) is 5.80. The zero-order valence-electron chi connectivity index (χ0n) is 13.8. The smallest absolute Gasteiger partial charge is 0.244 e. The normalized spacial score (nSPS) is 30.2. The zero-order chi connectivity index (χ0) is 17.0. The maximum Gasteiger partial charge on any atom is 0.244 e. The van der Waals surface area contributed by atoms with Crippen LogP contribution in [0.4, 0.5) is 5.69 Å². The van der Waals surface area contributed by atoms with Gasteiger partial charge in [0.25, 0.3) is 0 Å². The molecular weight excluding hydrogens is 304 g/mol. The van der Waals surface area contributed by atoms with Gasteiger partial charge in [0.05, 0.1) is 11.8 Å². The van der Waals surface area contributed by atoms with Crippen molar-refractivity contribution in [3.8, 4) is 0 Å². The SMILES string of the molecule is Cc1ccc(C)c(NC(=O)CN2C(=O)C3C4C=CC(C4)C3C2=O)c1. The minimum Gasteiger partial charge on any atom is -0.324 e. The fourth-order valence-corrected chi connectivity index (χ4v) is 4.32. The molecule has 3 amide bonds. The summed E-state index contributed by atoms with van der Waals surface area (Å²) in [5, 5.41) is 2.82. The number of imide groups is 1. The molecule has 2 aliphatic carbocycles. The molecule has 2 fully saturated rings. The van der Waals surface area contributed by atoms with Crippen LogP contribution in [0.15, 0.2) is 30.4 Å². The van der Waals surface area contributed by atoms with Crippen LogP contribution in [-0.2, 0) is 14.4 Å². The van der Waals surface area contributed by atoms with E-state index >= 15 is 0 Å². The lowest BCUT2D eigenvalue weighted by molar-refractivity contribution is -0.143. The Balaban J connectivity index is 1.48. The average molecular weight is 324 g/mol. The predicted molar refractivity (Wildman–Crippen MR) is 89.0 cm³/mol. The molecule has 124 valence electrons. The van der Waals surface area contributed by atoms with Crippen molar-refractivity contribution in [2.45, 2.75) is 20.3 Å². The van der Waals surface area contributed by atoms with Gasteiger partial charge in [0.2, 0.25) is 17.7 Å². The van der Waals surface area contributed by atoms with Crippen LogP contribution in [0, 0.1) is 37.5 Å². The number of hydrogen-bond acceptors (Lipinski definition) is 3. The maximum atomic E-state index is 12.6. The molecule has 3 aliphatic rings. The molecule has 1 saturated carbocycles. The largest absolute Gasteiger partial charge is 0.324 e. The lowest BCUT2D eigenvalue weighted by Crippen LogP contribution is -2.39. The first-order valence-corrected chi connectivity index (χ1v) is 8.36. The molecule has 1 heterocycles. The third kappa shape index (κ3) is 2.19. The Morgan fingerprint density at radius 1 is 1.12 bits per heavy atom. The summed E-state index contributed by atoms with van der Waals surface area (Å²) in [6.45, 7) is 3.67. The minimum absolute atomic E-state index is 0.170. The number of fused-ring (bicyclic) bond motifs is 5. The van der Waals surface area contributed by atoms with Crippen LogP contribution in [-0.4, -0.2) is 29.2 Å². The summed E-state index contributed by atoms with van der Waals surface area (Å²) in [5.74, 6) is -0.851. The molecule has 4 unspecified atom stereocenters. The molecule has 4 atom stereocenters. The van der Waals surface area contributed by atoms with Crippen molar-refractivity contribution in [1.82, 2.24) is 4.90 Å². The van der Waals surface area contributed by atoms with E-state index < -0.39 is 0 Å². The van der Waals surface area contributed by atoms with Gasteiger partial charge in [-0.25, -0.2) is 0 Å². The Kier molecular flexibility index (Phi) is 3.34. The molecule has 1 saturated heterocycles. The number of benzene rings is 1. The highest BCUT2D eigenvalue weighted by Crippen LogP contribution is 2.52. The van der Waals surface area contributed by atoms with Crippen LogP contribution in [0.25, 0.3) is 0 Å². The molecule has 0 spiro atoms. The van der Waals surface area contributed by atoms with E-state index in [2.05, 4.69) is 17.5 Å². The number of nitrogens with zero attached hydrogens (tertiary/aromatic N) is 1. The Bertz CT molecular complexity index is 753. The van der Waals surface area contributed by atoms with Gasteiger partial charge >= 0.3 is 0 Å². The van der Waals surface area contributed by atoms with Crippen LogP contribution >= 0.6 is 0 Å². The van der Waals surface area contributed by atoms with Gasteiger partial charge in [-0.15, -0.1) is 0 Å². The Morgan fingerprint density at radius 3 is 2.38 bits per heavy atom. The molecule has 1 aromatic carbocycles. The summed E-state index contributed by atoms with van der Waals surface area (Å²) in [6.07, 6.45) is 5.00. The second-order valence-corrected chi connectivity index (χ2v) is 7.13. The predicted octanol–water partition coefficient (Wildman–Crippen LogP) is 2.05. The number of likely N-dealkylation sites (tertiary alicyclic amines) is 1. The van der Waals surface area contributed by atoms with E-state index in [4.69, 9.17) is 0 Å². The summed E-state index contributed by atoms with van der Waals surface area (Å²) in [4.78, 5) is 38.7. The van der Waals surface area contributed by atoms with Crippen molar-refractivity contribution in [2.24, 2.45) is 23.7 Å². The summed E-state index contributed by atoms with van der Waals surface area (Å²) in [5.41, 5.74) is 2.72. The summed E-state index contributed by atoms with van der Waals surface area (Å²) < 4.78 is 0. The van der Waals surface area contributed by atoms with Crippen molar-refractivity contribution in [1.29, 1.82) is 0 Å². The highest BCUT2D eigenvalue weighted by Gasteiger charge is 2.59. The molecular formula is C19H20N2O3. The number of anilines is 1.